The summed E-state index contributed by atoms with van der Waals surface area (Å²) in [6, 6.07) is 18.2. The maximum atomic E-state index is 12.7. The van der Waals surface area contributed by atoms with Crippen LogP contribution in [0.3, 0.4) is 0 Å². The number of sulfonamides is 1. The second-order valence-electron chi connectivity index (χ2n) is 6.14. The molecule has 0 aliphatic carbocycles. The third kappa shape index (κ3) is 5.14. The summed E-state index contributed by atoms with van der Waals surface area (Å²) in [5.41, 5.74) is -0.168. The van der Waals surface area contributed by atoms with Gasteiger partial charge in [0.1, 0.15) is 5.69 Å². The van der Waals surface area contributed by atoms with E-state index in [0.29, 0.717) is 0 Å². The van der Waals surface area contributed by atoms with E-state index in [1.54, 1.807) is 18.2 Å². The average Bonchev–Trinajstić information content (AvgIpc) is 2.75. The van der Waals surface area contributed by atoms with Crippen LogP contribution < -0.4 is 15.4 Å². The largest absolute Gasteiger partial charge is 0.323 e. The first-order chi connectivity index (χ1) is 14.8. The van der Waals surface area contributed by atoms with Crippen molar-refractivity contribution in [2.45, 2.75) is 4.90 Å². The van der Waals surface area contributed by atoms with Crippen molar-refractivity contribution in [2.75, 3.05) is 15.4 Å². The highest BCUT2D eigenvalue weighted by atomic mass is 32.2. The van der Waals surface area contributed by atoms with E-state index in [-0.39, 0.29) is 33.2 Å². The van der Waals surface area contributed by atoms with Crippen molar-refractivity contribution < 1.29 is 18.1 Å². The first-order valence-electron chi connectivity index (χ1n) is 8.73. The molecule has 0 aliphatic rings. The molecule has 10 nitrogen and oxygen atoms in total. The molecule has 0 bridgehead atoms. The Morgan fingerprint density at radius 1 is 0.903 bits per heavy atom. The molecule has 0 fully saturated rings. The summed E-state index contributed by atoms with van der Waals surface area (Å²) in [6.45, 7) is 0. The van der Waals surface area contributed by atoms with E-state index in [0.717, 1.165) is 0 Å². The number of nitro benzene ring substituents is 1. The van der Waals surface area contributed by atoms with E-state index in [9.17, 15) is 23.3 Å². The van der Waals surface area contributed by atoms with Gasteiger partial charge in [-0.05, 0) is 36.4 Å². The molecular weight excluding hydrogens is 422 g/mol. The molecule has 0 heterocycles. The number of carbonyl (C=O) groups is 1. The lowest BCUT2D eigenvalue weighted by molar-refractivity contribution is -0.383. The Morgan fingerprint density at radius 2 is 1.55 bits per heavy atom. The first kappa shape index (κ1) is 21.3. The van der Waals surface area contributed by atoms with Gasteiger partial charge in [0.15, 0.2) is 0 Å². The summed E-state index contributed by atoms with van der Waals surface area (Å²) < 4.78 is 27.7. The molecule has 31 heavy (non-hydrogen) atoms. The van der Waals surface area contributed by atoms with Gasteiger partial charge in [-0.2, -0.15) is 5.26 Å². The van der Waals surface area contributed by atoms with Gasteiger partial charge < -0.3 is 10.6 Å². The molecule has 3 aromatic carbocycles. The van der Waals surface area contributed by atoms with E-state index in [4.69, 9.17) is 5.26 Å². The van der Waals surface area contributed by atoms with E-state index in [1.165, 1.54) is 54.6 Å². The lowest BCUT2D eigenvalue weighted by atomic mass is 10.2. The van der Waals surface area contributed by atoms with Crippen LogP contribution in [0.5, 0.6) is 0 Å². The number of anilines is 3. The van der Waals surface area contributed by atoms with Crippen LogP contribution in [0.25, 0.3) is 0 Å². The molecule has 3 N–H and O–H groups in total. The molecule has 0 atom stereocenters. The molecule has 0 saturated carbocycles. The molecular formula is C20H15N5O5S. The van der Waals surface area contributed by atoms with Gasteiger partial charge in [-0.25, -0.2) is 13.2 Å². The zero-order valence-electron chi connectivity index (χ0n) is 15.8. The molecule has 156 valence electrons. The second kappa shape index (κ2) is 8.93. The van der Waals surface area contributed by atoms with Crippen molar-refractivity contribution in [1.82, 2.24) is 0 Å². The number of hydrogen-bond donors (Lipinski definition) is 3. The number of hydrogen-bond acceptors (Lipinski definition) is 6. The summed E-state index contributed by atoms with van der Waals surface area (Å²) in [4.78, 5) is 22.9. The van der Waals surface area contributed by atoms with Crippen LogP contribution in [-0.2, 0) is 10.0 Å². The number of amides is 2. The van der Waals surface area contributed by atoms with Gasteiger partial charge >= 0.3 is 6.03 Å². The number of nitro groups is 1. The minimum Gasteiger partial charge on any atom is -0.306 e. The van der Waals surface area contributed by atoms with E-state index >= 15 is 0 Å². The van der Waals surface area contributed by atoms with Crippen molar-refractivity contribution in [2.24, 2.45) is 0 Å². The molecule has 3 rings (SSSR count). The highest BCUT2D eigenvalue weighted by Gasteiger charge is 2.19. The SMILES string of the molecule is N#Cc1ccc(NC(=O)Nc2ccccc2[N+](=O)[O-])c(NS(=O)(=O)c2ccccc2)c1. The number of para-hydroxylation sites is 2. The van der Waals surface area contributed by atoms with Crippen molar-refractivity contribution in [3.63, 3.8) is 0 Å². The fourth-order valence-electron chi connectivity index (χ4n) is 2.62. The Balaban J connectivity index is 1.88. The van der Waals surface area contributed by atoms with Gasteiger partial charge in [-0.3, -0.25) is 14.8 Å². The number of carbonyl (C=O) groups excluding carboxylic acids is 1. The van der Waals surface area contributed by atoms with Gasteiger partial charge in [-0.15, -0.1) is 0 Å². The molecule has 0 spiro atoms. The molecule has 0 saturated heterocycles. The molecule has 0 aromatic heterocycles. The predicted molar refractivity (Wildman–Crippen MR) is 114 cm³/mol. The van der Waals surface area contributed by atoms with Crippen LogP contribution in [0, 0.1) is 21.4 Å². The van der Waals surface area contributed by atoms with Gasteiger partial charge in [0.05, 0.1) is 32.8 Å². The lowest BCUT2D eigenvalue weighted by Gasteiger charge is -2.14. The maximum Gasteiger partial charge on any atom is 0.323 e. The summed E-state index contributed by atoms with van der Waals surface area (Å²) in [6.07, 6.45) is 0. The van der Waals surface area contributed by atoms with E-state index in [2.05, 4.69) is 15.4 Å². The first-order valence-corrected chi connectivity index (χ1v) is 10.2. The molecule has 0 radical (unpaired) electrons. The number of nitrogens with zero attached hydrogens (tertiary/aromatic N) is 2. The molecule has 0 aliphatic heterocycles. The number of benzene rings is 3. The third-order valence-electron chi connectivity index (χ3n) is 4.04. The van der Waals surface area contributed by atoms with Gasteiger partial charge in [0, 0.05) is 6.07 Å². The van der Waals surface area contributed by atoms with Gasteiger partial charge in [-0.1, -0.05) is 30.3 Å². The Morgan fingerprint density at radius 3 is 2.23 bits per heavy atom. The van der Waals surface area contributed by atoms with Crippen molar-refractivity contribution in [3.05, 3.63) is 88.5 Å². The highest BCUT2D eigenvalue weighted by molar-refractivity contribution is 7.92. The van der Waals surface area contributed by atoms with Crippen LogP contribution in [-0.4, -0.2) is 19.4 Å². The normalized spacial score (nSPS) is 10.5. The number of rotatable bonds is 6. The number of urea groups is 1. The quantitative estimate of drug-likeness (QED) is 0.392. The zero-order valence-corrected chi connectivity index (χ0v) is 16.6. The van der Waals surface area contributed by atoms with E-state index in [1.807, 2.05) is 6.07 Å². The average molecular weight is 437 g/mol. The Hall–Kier alpha value is -4.43. The summed E-state index contributed by atoms with van der Waals surface area (Å²) in [5.74, 6) is 0. The standard InChI is InChI=1S/C20H15N5O5S/c21-13-14-10-11-16(18(12-14)24-31(29,30)15-6-2-1-3-7-15)22-20(26)23-17-8-4-5-9-19(17)25(27)28/h1-12,24H,(H2,22,23,26). The zero-order chi connectivity index (χ0) is 22.4. The fraction of sp³-hybridized carbons (Fsp3) is 0. The molecule has 11 heteroatoms. The van der Waals surface area contributed by atoms with Crippen LogP contribution in [0.4, 0.5) is 27.5 Å². The molecule has 3 aromatic rings. The fourth-order valence-corrected chi connectivity index (χ4v) is 3.72. The van der Waals surface area contributed by atoms with Gasteiger partial charge in [0.2, 0.25) is 0 Å². The van der Waals surface area contributed by atoms with Crippen LogP contribution in [0.15, 0.2) is 77.7 Å². The maximum absolute atomic E-state index is 12.7. The van der Waals surface area contributed by atoms with E-state index < -0.39 is 21.0 Å². The Kier molecular flexibility index (Phi) is 6.13. The summed E-state index contributed by atoms with van der Waals surface area (Å²) in [7, 11) is -3.99. The minimum atomic E-state index is -3.99. The van der Waals surface area contributed by atoms with Gasteiger partial charge in [0.25, 0.3) is 15.7 Å². The number of nitriles is 1. The van der Waals surface area contributed by atoms with Crippen molar-refractivity contribution >= 4 is 38.8 Å². The Labute approximate surface area is 177 Å². The Bertz CT molecular complexity index is 1290. The van der Waals surface area contributed by atoms with Crippen molar-refractivity contribution in [1.29, 1.82) is 5.26 Å². The lowest BCUT2D eigenvalue weighted by Crippen LogP contribution is -2.22. The number of nitrogens with one attached hydrogen (secondary N) is 3. The summed E-state index contributed by atoms with van der Waals surface area (Å²) in [5, 5.41) is 25.0. The third-order valence-corrected chi connectivity index (χ3v) is 5.43. The van der Waals surface area contributed by atoms with Crippen LogP contribution in [0.2, 0.25) is 0 Å². The summed E-state index contributed by atoms with van der Waals surface area (Å²) >= 11 is 0. The smallest absolute Gasteiger partial charge is 0.306 e. The molecule has 2 amide bonds. The van der Waals surface area contributed by atoms with Crippen molar-refractivity contribution in [3.8, 4) is 6.07 Å². The van der Waals surface area contributed by atoms with Crippen LogP contribution in [0.1, 0.15) is 5.56 Å². The monoisotopic (exact) mass is 437 g/mol. The highest BCUT2D eigenvalue weighted by Crippen LogP contribution is 2.27. The minimum absolute atomic E-state index is 0.00678. The topological polar surface area (TPSA) is 154 Å². The second-order valence-corrected chi connectivity index (χ2v) is 7.83. The predicted octanol–water partition coefficient (Wildman–Crippen LogP) is 3.91. The molecule has 0 unspecified atom stereocenters. The van der Waals surface area contributed by atoms with Crippen LogP contribution >= 0.6 is 0 Å².